The van der Waals surface area contributed by atoms with E-state index in [1.807, 2.05) is 42.0 Å². The molecule has 9 nitrogen and oxygen atoms in total. The zero-order valence-corrected chi connectivity index (χ0v) is 20.1. The average molecular weight is 488 g/mol. The van der Waals surface area contributed by atoms with Crippen LogP contribution in [0.1, 0.15) is 24.4 Å². The highest BCUT2D eigenvalue weighted by molar-refractivity contribution is 8.00. The van der Waals surface area contributed by atoms with Gasteiger partial charge in [0.05, 0.1) is 26.6 Å². The van der Waals surface area contributed by atoms with Gasteiger partial charge in [-0.15, -0.1) is 21.5 Å². The minimum Gasteiger partial charge on any atom is -0.494 e. The van der Waals surface area contributed by atoms with Crippen molar-refractivity contribution in [2.75, 3.05) is 24.7 Å². The van der Waals surface area contributed by atoms with Gasteiger partial charge in [-0.3, -0.25) is 9.29 Å². The van der Waals surface area contributed by atoms with Gasteiger partial charge in [-0.2, -0.15) is 0 Å². The monoisotopic (exact) mass is 487 g/mol. The predicted octanol–water partition coefficient (Wildman–Crippen LogP) is 4.51. The molecule has 0 bridgehead atoms. The van der Waals surface area contributed by atoms with E-state index in [0.717, 1.165) is 10.7 Å². The first-order valence-electron chi connectivity index (χ1n) is 9.96. The molecule has 0 saturated heterocycles. The number of aryl methyl sites for hydroxylation is 1. The van der Waals surface area contributed by atoms with E-state index in [0.29, 0.717) is 40.5 Å². The largest absolute Gasteiger partial charge is 0.494 e. The van der Waals surface area contributed by atoms with Gasteiger partial charge in [0, 0.05) is 22.7 Å². The van der Waals surface area contributed by atoms with Gasteiger partial charge >= 0.3 is 0 Å². The number of hydrogen-bond donors (Lipinski definition) is 1. The molecule has 172 valence electrons. The molecule has 0 spiro atoms. The lowest BCUT2D eigenvalue weighted by Crippen LogP contribution is -2.08. The fourth-order valence-electron chi connectivity index (χ4n) is 3.09. The number of benzene rings is 1. The summed E-state index contributed by atoms with van der Waals surface area (Å²) in [4.78, 5) is 12.7. The van der Waals surface area contributed by atoms with E-state index >= 15 is 0 Å². The smallest absolute Gasteiger partial charge is 0.239 e. The van der Waals surface area contributed by atoms with Gasteiger partial charge in [0.15, 0.2) is 16.6 Å². The first-order chi connectivity index (χ1) is 16.0. The maximum Gasteiger partial charge on any atom is 0.239 e. The maximum absolute atomic E-state index is 13.1. The van der Waals surface area contributed by atoms with Crippen molar-refractivity contribution in [2.24, 2.45) is 0 Å². The summed E-state index contributed by atoms with van der Waals surface area (Å²) in [6, 6.07) is 5.55. The zero-order valence-electron chi connectivity index (χ0n) is 18.4. The third kappa shape index (κ3) is 4.91. The highest BCUT2D eigenvalue weighted by Gasteiger charge is 2.24. The third-order valence-electron chi connectivity index (χ3n) is 4.68. The van der Waals surface area contributed by atoms with Crippen LogP contribution in [-0.4, -0.2) is 49.7 Å². The second-order valence-corrected chi connectivity index (χ2v) is 8.75. The van der Waals surface area contributed by atoms with Crippen molar-refractivity contribution in [1.82, 2.24) is 29.7 Å². The molecule has 1 aromatic carbocycles. The van der Waals surface area contributed by atoms with Crippen LogP contribution in [0.2, 0.25) is 0 Å². The molecule has 12 heteroatoms. The molecule has 0 amide bonds. The lowest BCUT2D eigenvalue weighted by molar-refractivity contribution is 0.391. The van der Waals surface area contributed by atoms with Gasteiger partial charge in [0.2, 0.25) is 5.95 Å². The van der Waals surface area contributed by atoms with Gasteiger partial charge in [-0.1, -0.05) is 13.0 Å². The molecule has 4 rings (SSSR count). The third-order valence-corrected chi connectivity index (χ3v) is 6.63. The van der Waals surface area contributed by atoms with Gasteiger partial charge in [0.25, 0.3) is 0 Å². The standard InChI is InChI=1S/C21H22FN7O2S2/c1-12(18-23-8-14(22)9-24-18)10-33-28-21-27-26-19(20-25-13(2)11-32-20)29(21)17-15(30-3)6-5-7-16(17)31-4/h5-9,11-12H,10H2,1-4H3,(H,27,28). The van der Waals surface area contributed by atoms with Crippen LogP contribution in [0.3, 0.4) is 0 Å². The van der Waals surface area contributed by atoms with Crippen molar-refractivity contribution in [3.8, 4) is 28.0 Å². The number of rotatable bonds is 9. The number of aromatic nitrogens is 6. The summed E-state index contributed by atoms with van der Waals surface area (Å²) in [5.74, 6) is 2.97. The van der Waals surface area contributed by atoms with Crippen LogP contribution in [0.4, 0.5) is 10.3 Å². The highest BCUT2D eigenvalue weighted by Crippen LogP contribution is 2.38. The Balaban J connectivity index is 1.67. The Morgan fingerprint density at radius 2 is 1.85 bits per heavy atom. The molecule has 0 radical (unpaired) electrons. The summed E-state index contributed by atoms with van der Waals surface area (Å²) in [6.07, 6.45) is 2.34. The normalized spacial score (nSPS) is 11.9. The Morgan fingerprint density at radius 1 is 1.15 bits per heavy atom. The molecule has 1 N–H and O–H groups in total. The number of thiazole rings is 1. The Morgan fingerprint density at radius 3 is 2.45 bits per heavy atom. The molecule has 0 fully saturated rings. The number of methoxy groups -OCH3 is 2. The van der Waals surface area contributed by atoms with E-state index < -0.39 is 5.82 Å². The number of nitrogens with zero attached hydrogens (tertiary/aromatic N) is 6. The Kier molecular flexibility index (Phi) is 7.04. The molecular formula is C21H22FN7O2S2. The van der Waals surface area contributed by atoms with Crippen molar-refractivity contribution in [1.29, 1.82) is 0 Å². The molecule has 1 atom stereocenters. The molecular weight excluding hydrogens is 465 g/mol. The van der Waals surface area contributed by atoms with Crippen LogP contribution < -0.4 is 14.2 Å². The molecule has 4 aromatic rings. The van der Waals surface area contributed by atoms with Gasteiger partial charge in [-0.25, -0.2) is 19.3 Å². The summed E-state index contributed by atoms with van der Waals surface area (Å²) < 4.78 is 29.4. The molecule has 0 aliphatic rings. The first-order valence-corrected chi connectivity index (χ1v) is 11.8. The lowest BCUT2D eigenvalue weighted by atomic mass is 10.2. The Hall–Kier alpha value is -3.25. The van der Waals surface area contributed by atoms with Crippen molar-refractivity contribution in [3.05, 3.63) is 53.3 Å². The van der Waals surface area contributed by atoms with E-state index in [-0.39, 0.29) is 5.92 Å². The lowest BCUT2D eigenvalue weighted by Gasteiger charge is -2.17. The summed E-state index contributed by atoms with van der Waals surface area (Å²) in [6.45, 7) is 3.90. The van der Waals surface area contributed by atoms with Crippen LogP contribution in [0.15, 0.2) is 36.0 Å². The van der Waals surface area contributed by atoms with Gasteiger partial charge in [0.1, 0.15) is 23.0 Å². The quantitative estimate of drug-likeness (QED) is 0.342. The second-order valence-electron chi connectivity index (χ2n) is 7.06. The fraction of sp³-hybridized carbons (Fsp3) is 0.286. The SMILES string of the molecule is COc1cccc(OC)c1-n1c(NSCC(C)c2ncc(F)cn2)nnc1-c1nc(C)cs1. The molecule has 3 aromatic heterocycles. The second kappa shape index (κ2) is 10.1. The van der Waals surface area contributed by atoms with E-state index in [4.69, 9.17) is 9.47 Å². The van der Waals surface area contributed by atoms with Crippen molar-refractivity contribution in [2.45, 2.75) is 19.8 Å². The summed E-state index contributed by atoms with van der Waals surface area (Å²) in [7, 11) is 3.20. The van der Waals surface area contributed by atoms with Crippen molar-refractivity contribution in [3.63, 3.8) is 0 Å². The number of para-hydroxylation sites is 1. The van der Waals surface area contributed by atoms with Gasteiger partial charge in [-0.05, 0) is 31.0 Å². The summed E-state index contributed by atoms with van der Waals surface area (Å²) in [5, 5.41) is 11.4. The highest BCUT2D eigenvalue weighted by atomic mass is 32.2. The van der Waals surface area contributed by atoms with Crippen LogP contribution in [-0.2, 0) is 0 Å². The minimum absolute atomic E-state index is 0.0126. The predicted molar refractivity (Wildman–Crippen MR) is 127 cm³/mol. The van der Waals surface area contributed by atoms with Crippen molar-refractivity contribution < 1.29 is 13.9 Å². The first kappa shape index (κ1) is 22.9. The molecule has 1 unspecified atom stereocenters. The number of anilines is 1. The molecule has 3 heterocycles. The number of hydrogen-bond acceptors (Lipinski definition) is 10. The van der Waals surface area contributed by atoms with E-state index in [1.165, 1.54) is 35.7 Å². The summed E-state index contributed by atoms with van der Waals surface area (Å²) in [5.41, 5.74) is 1.56. The van der Waals surface area contributed by atoms with Crippen molar-refractivity contribution >= 4 is 29.2 Å². The van der Waals surface area contributed by atoms with E-state index in [2.05, 4.69) is 29.9 Å². The molecule has 0 aliphatic carbocycles. The summed E-state index contributed by atoms with van der Waals surface area (Å²) >= 11 is 2.90. The molecule has 33 heavy (non-hydrogen) atoms. The number of nitrogens with one attached hydrogen (secondary N) is 1. The number of ether oxygens (including phenoxy) is 2. The zero-order chi connectivity index (χ0) is 23.4. The van der Waals surface area contributed by atoms with Crippen LogP contribution in [0, 0.1) is 12.7 Å². The van der Waals surface area contributed by atoms with Crippen LogP contribution in [0.5, 0.6) is 11.5 Å². The topological polar surface area (TPSA) is 99.9 Å². The Bertz CT molecular complexity index is 1210. The van der Waals surface area contributed by atoms with E-state index in [1.54, 1.807) is 14.2 Å². The Labute approximate surface area is 198 Å². The molecule has 0 saturated carbocycles. The minimum atomic E-state index is -0.458. The fourth-order valence-corrected chi connectivity index (χ4v) is 4.60. The van der Waals surface area contributed by atoms with E-state index in [9.17, 15) is 4.39 Å². The van der Waals surface area contributed by atoms with Gasteiger partial charge < -0.3 is 9.47 Å². The van der Waals surface area contributed by atoms with Crippen LogP contribution >= 0.6 is 23.3 Å². The average Bonchev–Trinajstić information content (AvgIpc) is 3.44. The number of halogens is 1. The maximum atomic E-state index is 13.1. The van der Waals surface area contributed by atoms with Crippen LogP contribution in [0.25, 0.3) is 16.5 Å². The molecule has 0 aliphatic heterocycles.